The number of benzene rings is 2. The molecule has 18 heavy (non-hydrogen) atoms. The lowest BCUT2D eigenvalue weighted by Crippen LogP contribution is -1.98. The van der Waals surface area contributed by atoms with Crippen molar-refractivity contribution in [1.82, 2.24) is 0 Å². The maximum atomic E-state index is 11.2. The molecule has 0 saturated heterocycles. The van der Waals surface area contributed by atoms with Crippen molar-refractivity contribution < 1.29 is 4.79 Å². The molecular weight excluding hydrogens is 224 g/mol. The number of ketones is 1. The molecule has 2 aromatic rings. The van der Waals surface area contributed by atoms with Gasteiger partial charge in [-0.1, -0.05) is 12.1 Å². The minimum Gasteiger partial charge on any atom is -0.356 e. The normalized spacial score (nSPS) is 10.1. The van der Waals surface area contributed by atoms with E-state index >= 15 is 0 Å². The van der Waals surface area contributed by atoms with Gasteiger partial charge in [0.25, 0.3) is 0 Å². The Morgan fingerprint density at radius 3 is 2.44 bits per heavy atom. The van der Waals surface area contributed by atoms with Crippen LogP contribution in [0.3, 0.4) is 0 Å². The average Bonchev–Trinajstić information content (AvgIpc) is 2.39. The lowest BCUT2D eigenvalue weighted by molar-refractivity contribution is 0.101. The van der Waals surface area contributed by atoms with Gasteiger partial charge in [-0.25, -0.2) is 0 Å². The maximum absolute atomic E-state index is 11.2. The molecule has 0 aliphatic heterocycles. The third-order valence-corrected chi connectivity index (χ3v) is 2.74. The Labute approximate surface area is 107 Å². The summed E-state index contributed by atoms with van der Waals surface area (Å²) in [6, 6.07) is 15.4. The van der Waals surface area contributed by atoms with Gasteiger partial charge in [0.05, 0.1) is 0 Å². The number of rotatable bonds is 4. The van der Waals surface area contributed by atoms with Gasteiger partial charge in [0.15, 0.2) is 5.78 Å². The number of carbonyl (C=O) groups excluding carboxylic acids is 1. The fourth-order valence-electron chi connectivity index (χ4n) is 1.73. The predicted octanol–water partition coefficient (Wildman–Crippen LogP) is 3.09. The van der Waals surface area contributed by atoms with Crippen molar-refractivity contribution in [1.29, 1.82) is 0 Å². The van der Waals surface area contributed by atoms with Crippen molar-refractivity contribution in [2.24, 2.45) is 5.73 Å². The molecule has 2 rings (SSSR count). The molecule has 0 aliphatic rings. The SMILES string of the molecule is CC(=O)c1ccc(Nc2cccc(CN)c2)cc1. The van der Waals surface area contributed by atoms with Crippen molar-refractivity contribution in [3.05, 3.63) is 59.7 Å². The van der Waals surface area contributed by atoms with E-state index in [9.17, 15) is 4.79 Å². The second kappa shape index (κ2) is 5.47. The Bertz CT molecular complexity index is 547. The zero-order chi connectivity index (χ0) is 13.0. The van der Waals surface area contributed by atoms with E-state index in [1.807, 2.05) is 48.5 Å². The standard InChI is InChI=1S/C15H16N2O/c1-11(18)13-5-7-14(8-6-13)17-15-4-2-3-12(9-15)10-16/h2-9,17H,10,16H2,1H3. The van der Waals surface area contributed by atoms with E-state index in [2.05, 4.69) is 5.32 Å². The summed E-state index contributed by atoms with van der Waals surface area (Å²) in [6.45, 7) is 2.09. The monoisotopic (exact) mass is 240 g/mol. The molecule has 0 spiro atoms. The number of anilines is 2. The van der Waals surface area contributed by atoms with Crippen LogP contribution in [0, 0.1) is 0 Å². The summed E-state index contributed by atoms with van der Waals surface area (Å²) in [5.41, 5.74) is 9.35. The summed E-state index contributed by atoms with van der Waals surface area (Å²) in [5, 5.41) is 3.28. The Hall–Kier alpha value is -2.13. The molecule has 3 heteroatoms. The number of hydrogen-bond acceptors (Lipinski definition) is 3. The molecule has 0 radical (unpaired) electrons. The Morgan fingerprint density at radius 1 is 1.11 bits per heavy atom. The topological polar surface area (TPSA) is 55.1 Å². The summed E-state index contributed by atoms with van der Waals surface area (Å²) in [6.07, 6.45) is 0. The smallest absolute Gasteiger partial charge is 0.159 e. The summed E-state index contributed by atoms with van der Waals surface area (Å²) in [7, 11) is 0. The third kappa shape index (κ3) is 2.96. The number of nitrogens with two attached hydrogens (primary N) is 1. The van der Waals surface area contributed by atoms with E-state index < -0.39 is 0 Å². The van der Waals surface area contributed by atoms with E-state index in [1.54, 1.807) is 6.92 Å². The number of hydrogen-bond donors (Lipinski definition) is 2. The molecule has 0 aromatic heterocycles. The van der Waals surface area contributed by atoms with E-state index in [0.717, 1.165) is 22.5 Å². The zero-order valence-corrected chi connectivity index (χ0v) is 10.3. The van der Waals surface area contributed by atoms with Crippen LogP contribution in [0.5, 0.6) is 0 Å². The summed E-state index contributed by atoms with van der Waals surface area (Å²) in [5.74, 6) is 0.0756. The van der Waals surface area contributed by atoms with Crippen LogP contribution >= 0.6 is 0 Å². The molecule has 3 nitrogen and oxygen atoms in total. The minimum absolute atomic E-state index is 0.0756. The summed E-state index contributed by atoms with van der Waals surface area (Å²) < 4.78 is 0. The second-order valence-corrected chi connectivity index (χ2v) is 4.16. The van der Waals surface area contributed by atoms with Crippen molar-refractivity contribution in [2.45, 2.75) is 13.5 Å². The van der Waals surface area contributed by atoms with Gasteiger partial charge in [-0.15, -0.1) is 0 Å². The first-order chi connectivity index (χ1) is 8.69. The van der Waals surface area contributed by atoms with Crippen LogP contribution < -0.4 is 11.1 Å². The highest BCUT2D eigenvalue weighted by molar-refractivity contribution is 5.94. The predicted molar refractivity (Wildman–Crippen MR) is 74.1 cm³/mol. The first kappa shape index (κ1) is 12.3. The molecule has 0 aliphatic carbocycles. The molecule has 92 valence electrons. The minimum atomic E-state index is 0.0756. The van der Waals surface area contributed by atoms with E-state index in [1.165, 1.54) is 0 Å². The fourth-order valence-corrected chi connectivity index (χ4v) is 1.73. The van der Waals surface area contributed by atoms with Crippen molar-refractivity contribution in [2.75, 3.05) is 5.32 Å². The van der Waals surface area contributed by atoms with Gasteiger partial charge in [-0.2, -0.15) is 0 Å². The van der Waals surface area contributed by atoms with Crippen molar-refractivity contribution in [3.63, 3.8) is 0 Å². The maximum Gasteiger partial charge on any atom is 0.159 e. The van der Waals surface area contributed by atoms with E-state index in [0.29, 0.717) is 6.54 Å². The van der Waals surface area contributed by atoms with Crippen LogP contribution in [0.4, 0.5) is 11.4 Å². The molecule has 3 N–H and O–H groups in total. The van der Waals surface area contributed by atoms with Crippen LogP contribution in [0.1, 0.15) is 22.8 Å². The van der Waals surface area contributed by atoms with Crippen LogP contribution in [0.2, 0.25) is 0 Å². The quantitative estimate of drug-likeness (QED) is 0.807. The Balaban J connectivity index is 2.15. The first-order valence-electron chi connectivity index (χ1n) is 5.86. The summed E-state index contributed by atoms with van der Waals surface area (Å²) >= 11 is 0. The highest BCUT2D eigenvalue weighted by Gasteiger charge is 1.99. The van der Waals surface area contributed by atoms with Gasteiger partial charge in [0.2, 0.25) is 0 Å². The van der Waals surface area contributed by atoms with Gasteiger partial charge in [0.1, 0.15) is 0 Å². The lowest BCUT2D eigenvalue weighted by atomic mass is 10.1. The Morgan fingerprint density at radius 2 is 1.83 bits per heavy atom. The van der Waals surface area contributed by atoms with Crippen LogP contribution in [0.25, 0.3) is 0 Å². The van der Waals surface area contributed by atoms with Gasteiger partial charge in [-0.05, 0) is 48.9 Å². The average molecular weight is 240 g/mol. The van der Waals surface area contributed by atoms with E-state index in [-0.39, 0.29) is 5.78 Å². The molecule has 0 bridgehead atoms. The number of Topliss-reactive ketones (excluding diaryl/α,β-unsaturated/α-hetero) is 1. The van der Waals surface area contributed by atoms with Crippen molar-refractivity contribution >= 4 is 17.2 Å². The van der Waals surface area contributed by atoms with E-state index in [4.69, 9.17) is 5.73 Å². The molecule has 0 unspecified atom stereocenters. The second-order valence-electron chi connectivity index (χ2n) is 4.16. The van der Waals surface area contributed by atoms with Crippen LogP contribution in [-0.4, -0.2) is 5.78 Å². The largest absolute Gasteiger partial charge is 0.356 e. The summed E-state index contributed by atoms with van der Waals surface area (Å²) in [4.78, 5) is 11.2. The molecule has 0 fully saturated rings. The highest BCUT2D eigenvalue weighted by atomic mass is 16.1. The van der Waals surface area contributed by atoms with Gasteiger partial charge in [-0.3, -0.25) is 4.79 Å². The first-order valence-corrected chi connectivity index (χ1v) is 5.86. The molecule has 0 atom stereocenters. The number of nitrogens with one attached hydrogen (secondary N) is 1. The van der Waals surface area contributed by atoms with Crippen LogP contribution in [0.15, 0.2) is 48.5 Å². The lowest BCUT2D eigenvalue weighted by Gasteiger charge is -2.08. The van der Waals surface area contributed by atoms with Crippen LogP contribution in [-0.2, 0) is 6.54 Å². The van der Waals surface area contributed by atoms with Gasteiger partial charge < -0.3 is 11.1 Å². The molecule has 0 heterocycles. The van der Waals surface area contributed by atoms with Gasteiger partial charge >= 0.3 is 0 Å². The van der Waals surface area contributed by atoms with Gasteiger partial charge in [0, 0.05) is 23.5 Å². The molecular formula is C15H16N2O. The molecule has 0 amide bonds. The Kier molecular flexibility index (Phi) is 3.75. The molecule has 2 aromatic carbocycles. The third-order valence-electron chi connectivity index (χ3n) is 2.74. The number of carbonyl (C=O) groups is 1. The molecule has 0 saturated carbocycles. The zero-order valence-electron chi connectivity index (χ0n) is 10.3. The highest BCUT2D eigenvalue weighted by Crippen LogP contribution is 2.18. The fraction of sp³-hybridized carbons (Fsp3) is 0.133. The van der Waals surface area contributed by atoms with Crippen molar-refractivity contribution in [3.8, 4) is 0 Å².